The van der Waals surface area contributed by atoms with Gasteiger partial charge in [-0.1, -0.05) is 37.4 Å². The molecule has 0 saturated heterocycles. The SMILES string of the molecule is COC(=O)C(C)CN(C(=O)Nc1cccc(Cl)c1)C1CCCC1. The molecule has 0 spiro atoms. The van der Waals surface area contributed by atoms with E-state index in [2.05, 4.69) is 5.32 Å². The lowest BCUT2D eigenvalue weighted by Crippen LogP contribution is -2.45. The lowest BCUT2D eigenvalue weighted by Gasteiger charge is -2.31. The minimum absolute atomic E-state index is 0.168. The largest absolute Gasteiger partial charge is 0.469 e. The van der Waals surface area contributed by atoms with Crippen LogP contribution in [0.25, 0.3) is 0 Å². The molecule has 1 aromatic rings. The Balaban J connectivity index is 2.09. The van der Waals surface area contributed by atoms with Gasteiger partial charge >= 0.3 is 12.0 Å². The van der Waals surface area contributed by atoms with Crippen LogP contribution in [-0.4, -0.2) is 36.6 Å². The Bertz CT molecular complexity index is 559. The van der Waals surface area contributed by atoms with Gasteiger partial charge in [0.25, 0.3) is 0 Å². The van der Waals surface area contributed by atoms with Crippen LogP contribution in [0.5, 0.6) is 0 Å². The Morgan fingerprint density at radius 3 is 2.70 bits per heavy atom. The summed E-state index contributed by atoms with van der Waals surface area (Å²) in [4.78, 5) is 26.1. The van der Waals surface area contributed by atoms with E-state index in [4.69, 9.17) is 16.3 Å². The second-order valence-electron chi connectivity index (χ2n) is 5.96. The zero-order valence-corrected chi connectivity index (χ0v) is 14.3. The number of carbonyl (C=O) groups excluding carboxylic acids is 2. The highest BCUT2D eigenvalue weighted by Crippen LogP contribution is 2.25. The van der Waals surface area contributed by atoms with E-state index >= 15 is 0 Å². The van der Waals surface area contributed by atoms with Gasteiger partial charge in [0.1, 0.15) is 0 Å². The molecular formula is C17H23ClN2O3. The molecule has 1 unspecified atom stereocenters. The fourth-order valence-corrected chi connectivity index (χ4v) is 3.14. The number of ether oxygens (including phenoxy) is 1. The quantitative estimate of drug-likeness (QED) is 0.828. The summed E-state index contributed by atoms with van der Waals surface area (Å²) >= 11 is 5.95. The van der Waals surface area contributed by atoms with Gasteiger partial charge in [-0.05, 0) is 31.0 Å². The average Bonchev–Trinajstić information content (AvgIpc) is 3.05. The maximum absolute atomic E-state index is 12.7. The Labute approximate surface area is 141 Å². The van der Waals surface area contributed by atoms with E-state index in [1.54, 1.807) is 36.1 Å². The molecule has 1 N–H and O–H groups in total. The first-order valence-electron chi connectivity index (χ1n) is 7.92. The molecule has 1 atom stereocenters. The summed E-state index contributed by atoms with van der Waals surface area (Å²) < 4.78 is 4.77. The van der Waals surface area contributed by atoms with Gasteiger partial charge in [-0.15, -0.1) is 0 Å². The molecule has 2 rings (SSSR count). The lowest BCUT2D eigenvalue weighted by molar-refractivity contribution is -0.145. The molecule has 2 amide bonds. The summed E-state index contributed by atoms with van der Waals surface area (Å²) in [6.07, 6.45) is 4.16. The Hall–Kier alpha value is -1.75. The summed E-state index contributed by atoms with van der Waals surface area (Å²) in [7, 11) is 1.37. The van der Waals surface area contributed by atoms with E-state index in [0.717, 1.165) is 25.7 Å². The molecule has 0 heterocycles. The highest BCUT2D eigenvalue weighted by Gasteiger charge is 2.30. The van der Waals surface area contributed by atoms with Gasteiger partial charge < -0.3 is 15.0 Å². The van der Waals surface area contributed by atoms with E-state index in [-0.39, 0.29) is 24.0 Å². The maximum Gasteiger partial charge on any atom is 0.322 e. The Morgan fingerprint density at radius 1 is 1.39 bits per heavy atom. The van der Waals surface area contributed by atoms with Crippen LogP contribution in [0.2, 0.25) is 5.02 Å². The molecule has 0 aliphatic heterocycles. The van der Waals surface area contributed by atoms with Crippen molar-refractivity contribution in [2.75, 3.05) is 19.0 Å². The third-order valence-electron chi connectivity index (χ3n) is 4.18. The standard InChI is InChI=1S/C17H23ClN2O3/c1-12(16(21)23-2)11-20(15-8-3-4-9-15)17(22)19-14-7-5-6-13(18)10-14/h5-7,10,12,15H,3-4,8-9,11H2,1-2H3,(H,19,22). The number of anilines is 1. The van der Waals surface area contributed by atoms with Crippen molar-refractivity contribution in [3.8, 4) is 0 Å². The summed E-state index contributed by atoms with van der Waals surface area (Å²) in [5.74, 6) is -0.658. The van der Waals surface area contributed by atoms with Crippen molar-refractivity contribution in [3.63, 3.8) is 0 Å². The normalized spacial score (nSPS) is 16.0. The molecule has 0 aromatic heterocycles. The summed E-state index contributed by atoms with van der Waals surface area (Å²) in [6.45, 7) is 2.13. The van der Waals surface area contributed by atoms with Crippen LogP contribution in [0.1, 0.15) is 32.6 Å². The molecule has 0 bridgehead atoms. The first-order valence-corrected chi connectivity index (χ1v) is 8.30. The molecular weight excluding hydrogens is 316 g/mol. The van der Waals surface area contributed by atoms with Gasteiger partial charge in [-0.3, -0.25) is 4.79 Å². The fourth-order valence-electron chi connectivity index (χ4n) is 2.95. The van der Waals surface area contributed by atoms with Crippen molar-refractivity contribution in [1.29, 1.82) is 0 Å². The Morgan fingerprint density at radius 2 is 2.09 bits per heavy atom. The van der Waals surface area contributed by atoms with Crippen molar-refractivity contribution < 1.29 is 14.3 Å². The minimum atomic E-state index is -0.356. The van der Waals surface area contributed by atoms with Gasteiger partial charge in [0.15, 0.2) is 0 Å². The first-order chi connectivity index (χ1) is 11.0. The molecule has 23 heavy (non-hydrogen) atoms. The van der Waals surface area contributed by atoms with Crippen LogP contribution >= 0.6 is 11.6 Å². The molecule has 1 fully saturated rings. The van der Waals surface area contributed by atoms with Crippen molar-refractivity contribution in [2.24, 2.45) is 5.92 Å². The second-order valence-corrected chi connectivity index (χ2v) is 6.39. The van der Waals surface area contributed by atoms with E-state index in [1.807, 2.05) is 0 Å². The van der Waals surface area contributed by atoms with Crippen LogP contribution in [0, 0.1) is 5.92 Å². The smallest absolute Gasteiger partial charge is 0.322 e. The average molecular weight is 339 g/mol. The number of hydrogen-bond donors (Lipinski definition) is 1. The zero-order valence-electron chi connectivity index (χ0n) is 13.5. The molecule has 5 nitrogen and oxygen atoms in total. The van der Waals surface area contributed by atoms with Crippen molar-refractivity contribution in [3.05, 3.63) is 29.3 Å². The van der Waals surface area contributed by atoms with Crippen molar-refractivity contribution >= 4 is 29.3 Å². The highest BCUT2D eigenvalue weighted by molar-refractivity contribution is 6.30. The third-order valence-corrected chi connectivity index (χ3v) is 4.41. The van der Waals surface area contributed by atoms with E-state index < -0.39 is 0 Å². The van der Waals surface area contributed by atoms with Crippen molar-refractivity contribution in [2.45, 2.75) is 38.6 Å². The maximum atomic E-state index is 12.7. The number of urea groups is 1. The minimum Gasteiger partial charge on any atom is -0.469 e. The van der Waals surface area contributed by atoms with E-state index in [0.29, 0.717) is 17.3 Å². The van der Waals surface area contributed by atoms with Crippen LogP contribution < -0.4 is 5.32 Å². The monoisotopic (exact) mass is 338 g/mol. The fraction of sp³-hybridized carbons (Fsp3) is 0.529. The second kappa shape index (κ2) is 8.20. The van der Waals surface area contributed by atoms with Gasteiger partial charge in [0.2, 0.25) is 0 Å². The summed E-state index contributed by atoms with van der Waals surface area (Å²) in [6, 6.07) is 7.01. The number of nitrogens with one attached hydrogen (secondary N) is 1. The van der Waals surface area contributed by atoms with Crippen LogP contribution in [0.3, 0.4) is 0 Å². The predicted octanol–water partition coefficient (Wildman–Crippen LogP) is 3.93. The first kappa shape index (κ1) is 17.6. The number of halogens is 1. The predicted molar refractivity (Wildman–Crippen MR) is 90.6 cm³/mol. The van der Waals surface area contributed by atoms with Gasteiger partial charge in [-0.25, -0.2) is 4.79 Å². The highest BCUT2D eigenvalue weighted by atomic mass is 35.5. The van der Waals surface area contributed by atoms with E-state index in [9.17, 15) is 9.59 Å². The summed E-state index contributed by atoms with van der Waals surface area (Å²) in [5, 5.41) is 3.44. The number of hydrogen-bond acceptors (Lipinski definition) is 3. The topological polar surface area (TPSA) is 58.6 Å². The van der Waals surface area contributed by atoms with Gasteiger partial charge in [0.05, 0.1) is 13.0 Å². The van der Waals surface area contributed by atoms with Crippen molar-refractivity contribution in [1.82, 2.24) is 4.90 Å². The molecule has 1 saturated carbocycles. The van der Waals surface area contributed by atoms with Gasteiger partial charge in [0, 0.05) is 23.3 Å². The number of esters is 1. The Kier molecular flexibility index (Phi) is 6.28. The van der Waals surface area contributed by atoms with E-state index in [1.165, 1.54) is 7.11 Å². The number of amides is 2. The molecule has 0 radical (unpaired) electrons. The number of benzene rings is 1. The lowest BCUT2D eigenvalue weighted by atomic mass is 10.1. The number of rotatable bonds is 5. The molecule has 126 valence electrons. The molecule has 1 aliphatic rings. The van der Waals surface area contributed by atoms with Crippen LogP contribution in [0.15, 0.2) is 24.3 Å². The number of methoxy groups -OCH3 is 1. The molecule has 1 aromatic carbocycles. The number of nitrogens with zero attached hydrogens (tertiary/aromatic N) is 1. The zero-order chi connectivity index (χ0) is 16.8. The molecule has 1 aliphatic carbocycles. The number of carbonyl (C=O) groups is 2. The van der Waals surface area contributed by atoms with Crippen LogP contribution in [-0.2, 0) is 9.53 Å². The van der Waals surface area contributed by atoms with Crippen LogP contribution in [0.4, 0.5) is 10.5 Å². The molecule has 6 heteroatoms. The summed E-state index contributed by atoms with van der Waals surface area (Å²) in [5.41, 5.74) is 0.649. The third kappa shape index (κ3) is 4.86. The van der Waals surface area contributed by atoms with Gasteiger partial charge in [-0.2, -0.15) is 0 Å².